The van der Waals surface area contributed by atoms with Crippen molar-refractivity contribution in [3.8, 4) is 0 Å². The zero-order chi connectivity index (χ0) is 22.7. The quantitative estimate of drug-likeness (QED) is 0.703. The van der Waals surface area contributed by atoms with Gasteiger partial charge in [-0.1, -0.05) is 18.2 Å². The molecule has 1 aromatic carbocycles. The summed E-state index contributed by atoms with van der Waals surface area (Å²) in [6, 6.07) is 12.2. The number of urea groups is 1. The molecule has 2 N–H and O–H groups in total. The van der Waals surface area contributed by atoms with Crippen molar-refractivity contribution in [2.45, 2.75) is 38.3 Å². The van der Waals surface area contributed by atoms with E-state index in [1.54, 1.807) is 23.9 Å². The van der Waals surface area contributed by atoms with Crippen molar-refractivity contribution in [3.05, 3.63) is 64.1 Å². The lowest BCUT2D eigenvalue weighted by Gasteiger charge is -2.43. The molecule has 1 saturated heterocycles. The summed E-state index contributed by atoms with van der Waals surface area (Å²) in [6.45, 7) is 3.76. The highest BCUT2D eigenvalue weighted by Crippen LogP contribution is 2.34. The molecule has 1 aromatic heterocycles. The van der Waals surface area contributed by atoms with Crippen LogP contribution in [0.5, 0.6) is 0 Å². The molecule has 8 heteroatoms. The standard InChI is InChI=1S/C24H30N4O3S/c1-16-5-3-6-19(11-16)25-23(30)20(9-10-32-2)26-24(31)27-13-17-12-18(15-27)21-7-4-8-22(29)28(21)14-17/h3-8,11,17-18,20H,9-10,12-15H2,1-2H3,(H,25,30)(H,26,31)/t17-,18+,20+/m1/s1. The Kier molecular flexibility index (Phi) is 6.89. The number of aromatic nitrogens is 1. The number of rotatable bonds is 6. The molecule has 3 atom stereocenters. The van der Waals surface area contributed by atoms with Crippen LogP contribution in [0.25, 0.3) is 0 Å². The predicted octanol–water partition coefficient (Wildman–Crippen LogP) is 3.05. The predicted molar refractivity (Wildman–Crippen MR) is 128 cm³/mol. The third-order valence-electron chi connectivity index (χ3n) is 6.28. The molecule has 3 heterocycles. The first-order valence-corrected chi connectivity index (χ1v) is 12.5. The highest BCUT2D eigenvalue weighted by atomic mass is 32.2. The van der Waals surface area contributed by atoms with Crippen LogP contribution < -0.4 is 16.2 Å². The Bertz CT molecular complexity index is 1050. The number of hydrogen-bond acceptors (Lipinski definition) is 4. The number of nitrogens with one attached hydrogen (secondary N) is 2. The molecule has 4 rings (SSSR count). The van der Waals surface area contributed by atoms with Gasteiger partial charge in [0.05, 0.1) is 0 Å². The maximum atomic E-state index is 13.2. The minimum atomic E-state index is -0.605. The van der Waals surface area contributed by atoms with Crippen molar-refractivity contribution in [3.63, 3.8) is 0 Å². The van der Waals surface area contributed by atoms with E-state index in [9.17, 15) is 14.4 Å². The van der Waals surface area contributed by atoms with Crippen LogP contribution in [0.15, 0.2) is 47.3 Å². The van der Waals surface area contributed by atoms with E-state index in [2.05, 4.69) is 10.6 Å². The molecule has 0 aliphatic carbocycles. The van der Waals surface area contributed by atoms with Gasteiger partial charge in [-0.15, -0.1) is 0 Å². The maximum absolute atomic E-state index is 13.2. The second-order valence-electron chi connectivity index (χ2n) is 8.75. The lowest BCUT2D eigenvalue weighted by Crippen LogP contribution is -2.55. The molecule has 0 unspecified atom stereocenters. The smallest absolute Gasteiger partial charge is 0.318 e. The van der Waals surface area contributed by atoms with Crippen molar-refractivity contribution < 1.29 is 9.59 Å². The molecule has 7 nitrogen and oxygen atoms in total. The van der Waals surface area contributed by atoms with E-state index >= 15 is 0 Å². The lowest BCUT2D eigenvalue weighted by atomic mass is 9.83. The zero-order valence-corrected chi connectivity index (χ0v) is 19.4. The van der Waals surface area contributed by atoms with E-state index in [0.717, 1.165) is 29.1 Å². The van der Waals surface area contributed by atoms with Crippen molar-refractivity contribution >= 4 is 29.4 Å². The van der Waals surface area contributed by atoms with Crippen LogP contribution in [0.3, 0.4) is 0 Å². The van der Waals surface area contributed by atoms with E-state index in [0.29, 0.717) is 26.1 Å². The largest absolute Gasteiger partial charge is 0.326 e. The van der Waals surface area contributed by atoms with Crippen molar-refractivity contribution in [2.75, 3.05) is 30.4 Å². The summed E-state index contributed by atoms with van der Waals surface area (Å²) in [5, 5.41) is 5.91. The van der Waals surface area contributed by atoms with Gasteiger partial charge in [-0.05, 0) is 61.5 Å². The second-order valence-corrected chi connectivity index (χ2v) is 9.73. The van der Waals surface area contributed by atoms with Gasteiger partial charge in [0.1, 0.15) is 6.04 Å². The first-order chi connectivity index (χ1) is 15.4. The number of carbonyl (C=O) groups is 2. The Hall–Kier alpha value is -2.74. The highest BCUT2D eigenvalue weighted by molar-refractivity contribution is 7.98. The van der Waals surface area contributed by atoms with Crippen LogP contribution in [0.1, 0.15) is 30.0 Å². The van der Waals surface area contributed by atoms with E-state index in [-0.39, 0.29) is 29.3 Å². The Morgan fingerprint density at radius 2 is 1.97 bits per heavy atom. The molecule has 0 radical (unpaired) electrons. The number of fused-ring (bicyclic) bond motifs is 4. The van der Waals surface area contributed by atoms with Gasteiger partial charge in [-0.3, -0.25) is 9.59 Å². The topological polar surface area (TPSA) is 83.4 Å². The number of piperidine rings is 1. The fourth-order valence-corrected chi connectivity index (χ4v) is 5.23. The summed E-state index contributed by atoms with van der Waals surface area (Å²) in [4.78, 5) is 40.1. The molecule has 2 bridgehead atoms. The van der Waals surface area contributed by atoms with Crippen LogP contribution in [0.4, 0.5) is 10.5 Å². The first kappa shape index (κ1) is 22.5. The van der Waals surface area contributed by atoms with Crippen LogP contribution in [0, 0.1) is 12.8 Å². The number of hydrogen-bond donors (Lipinski definition) is 2. The van der Waals surface area contributed by atoms with Crippen molar-refractivity contribution in [2.24, 2.45) is 5.92 Å². The molecule has 32 heavy (non-hydrogen) atoms. The SMILES string of the molecule is CSCC[C@H](NC(=O)N1C[C@H]2C[C@@H](C1)c1cccc(=O)n1C2)C(=O)Nc1cccc(C)c1. The zero-order valence-electron chi connectivity index (χ0n) is 18.5. The summed E-state index contributed by atoms with van der Waals surface area (Å²) in [6.07, 6.45) is 3.53. The highest BCUT2D eigenvalue weighted by Gasteiger charge is 2.37. The summed E-state index contributed by atoms with van der Waals surface area (Å²) in [5.41, 5.74) is 2.82. The number of thioether (sulfide) groups is 1. The van der Waals surface area contributed by atoms with Crippen LogP contribution >= 0.6 is 11.8 Å². The summed E-state index contributed by atoms with van der Waals surface area (Å²) >= 11 is 1.65. The normalized spacial score (nSPS) is 20.2. The third-order valence-corrected chi connectivity index (χ3v) is 6.92. The van der Waals surface area contributed by atoms with Gasteiger partial charge in [0, 0.05) is 43.0 Å². The minimum absolute atomic E-state index is 0.0278. The average Bonchev–Trinajstić information content (AvgIpc) is 2.77. The minimum Gasteiger partial charge on any atom is -0.326 e. The number of nitrogens with zero attached hydrogens (tertiary/aromatic N) is 2. The van der Waals surface area contributed by atoms with E-state index in [1.165, 1.54) is 0 Å². The van der Waals surface area contributed by atoms with Gasteiger partial charge in [-0.2, -0.15) is 11.8 Å². The average molecular weight is 455 g/mol. The number of likely N-dealkylation sites (tertiary alicyclic amines) is 1. The molecule has 2 aliphatic rings. The first-order valence-electron chi connectivity index (χ1n) is 11.1. The molecule has 2 aromatic rings. The summed E-state index contributed by atoms with van der Waals surface area (Å²) in [5.74, 6) is 0.964. The Balaban J connectivity index is 1.44. The van der Waals surface area contributed by atoms with Gasteiger partial charge >= 0.3 is 6.03 Å². The number of anilines is 1. The maximum Gasteiger partial charge on any atom is 0.318 e. The molecule has 0 spiro atoms. The molecular weight excluding hydrogens is 424 g/mol. The fraction of sp³-hybridized carbons (Fsp3) is 0.458. The third kappa shape index (κ3) is 5.01. The van der Waals surface area contributed by atoms with Crippen LogP contribution in [-0.4, -0.2) is 52.5 Å². The number of pyridine rings is 1. The molecule has 2 aliphatic heterocycles. The molecule has 1 fully saturated rings. The summed E-state index contributed by atoms with van der Waals surface area (Å²) in [7, 11) is 0. The number of amides is 3. The van der Waals surface area contributed by atoms with Crippen molar-refractivity contribution in [1.82, 2.24) is 14.8 Å². The molecule has 3 amide bonds. The van der Waals surface area contributed by atoms with Gasteiger partial charge in [0.2, 0.25) is 5.91 Å². The van der Waals surface area contributed by atoms with Gasteiger partial charge in [0.15, 0.2) is 0 Å². The van der Waals surface area contributed by atoms with Gasteiger partial charge < -0.3 is 20.1 Å². The molecule has 0 saturated carbocycles. The molecular formula is C24H30N4O3S. The Morgan fingerprint density at radius 3 is 2.75 bits per heavy atom. The Labute approximate surface area is 192 Å². The number of benzene rings is 1. The summed E-state index contributed by atoms with van der Waals surface area (Å²) < 4.78 is 1.85. The monoisotopic (exact) mass is 454 g/mol. The van der Waals surface area contributed by atoms with E-state index in [4.69, 9.17) is 0 Å². The van der Waals surface area contributed by atoms with E-state index < -0.39 is 6.04 Å². The van der Waals surface area contributed by atoms with Crippen LogP contribution in [-0.2, 0) is 11.3 Å². The Morgan fingerprint density at radius 1 is 1.16 bits per heavy atom. The molecule has 170 valence electrons. The van der Waals surface area contributed by atoms with Gasteiger partial charge in [0.25, 0.3) is 5.56 Å². The van der Waals surface area contributed by atoms with Crippen LogP contribution in [0.2, 0.25) is 0 Å². The number of aryl methyl sites for hydroxylation is 1. The second kappa shape index (κ2) is 9.81. The number of carbonyl (C=O) groups excluding carboxylic acids is 2. The lowest BCUT2D eigenvalue weighted by molar-refractivity contribution is -0.118. The van der Waals surface area contributed by atoms with E-state index in [1.807, 2.05) is 53.0 Å². The van der Waals surface area contributed by atoms with Gasteiger partial charge in [-0.25, -0.2) is 4.79 Å². The van der Waals surface area contributed by atoms with Crippen molar-refractivity contribution in [1.29, 1.82) is 0 Å². The fourth-order valence-electron chi connectivity index (χ4n) is 4.76.